The van der Waals surface area contributed by atoms with E-state index in [9.17, 15) is 14.7 Å². The maximum Gasteiger partial charge on any atom is 0.326 e. The van der Waals surface area contributed by atoms with Gasteiger partial charge >= 0.3 is 5.97 Å². The summed E-state index contributed by atoms with van der Waals surface area (Å²) in [4.78, 5) is 26.4. The highest BCUT2D eigenvalue weighted by Crippen LogP contribution is 2.33. The molecule has 23 heavy (non-hydrogen) atoms. The number of carboxylic acids is 1. The van der Waals surface area contributed by atoms with Crippen molar-refractivity contribution in [2.45, 2.75) is 44.6 Å². The summed E-state index contributed by atoms with van der Waals surface area (Å²) in [5, 5.41) is 13.0. The SMILES string of the molecule is O=C(CCCc1c[nH]c2ccccc12)NC(CC1CC1)C(=O)O. The number of carbonyl (C=O) groups excluding carboxylic acids is 1. The van der Waals surface area contributed by atoms with Crippen molar-refractivity contribution in [3.8, 4) is 0 Å². The second-order valence-electron chi connectivity index (χ2n) is 6.35. The third-order valence-corrected chi connectivity index (χ3v) is 4.42. The van der Waals surface area contributed by atoms with E-state index in [1.165, 1.54) is 10.9 Å². The molecule has 1 aromatic heterocycles. The lowest BCUT2D eigenvalue weighted by Gasteiger charge is -2.13. The number of amides is 1. The minimum atomic E-state index is -0.929. The number of carboxylic acid groups (broad SMARTS) is 1. The Balaban J connectivity index is 1.47. The van der Waals surface area contributed by atoms with E-state index in [-0.39, 0.29) is 5.91 Å². The number of aromatic nitrogens is 1. The highest BCUT2D eigenvalue weighted by molar-refractivity contribution is 5.84. The largest absolute Gasteiger partial charge is 0.480 e. The lowest BCUT2D eigenvalue weighted by atomic mass is 10.1. The number of H-pyrrole nitrogens is 1. The third-order valence-electron chi connectivity index (χ3n) is 4.42. The minimum Gasteiger partial charge on any atom is -0.480 e. The standard InChI is InChI=1S/C18H22N2O3/c21-17(20-16(18(22)23)10-12-8-9-12)7-3-4-13-11-19-15-6-2-1-5-14(13)15/h1-2,5-6,11-12,16,19H,3-4,7-10H2,(H,20,21)(H,22,23). The zero-order valence-corrected chi connectivity index (χ0v) is 13.0. The van der Waals surface area contributed by atoms with Crippen LogP contribution in [-0.4, -0.2) is 28.0 Å². The van der Waals surface area contributed by atoms with Crippen LogP contribution in [0.25, 0.3) is 10.9 Å². The monoisotopic (exact) mass is 314 g/mol. The summed E-state index contributed by atoms with van der Waals surface area (Å²) in [7, 11) is 0. The smallest absolute Gasteiger partial charge is 0.326 e. The average molecular weight is 314 g/mol. The van der Waals surface area contributed by atoms with Crippen LogP contribution < -0.4 is 5.32 Å². The first-order chi connectivity index (χ1) is 11.1. The first-order valence-electron chi connectivity index (χ1n) is 8.20. The number of aryl methyl sites for hydroxylation is 1. The lowest BCUT2D eigenvalue weighted by molar-refractivity contribution is -0.142. The molecular weight excluding hydrogens is 292 g/mol. The molecule has 2 aromatic rings. The first kappa shape index (κ1) is 15.6. The zero-order chi connectivity index (χ0) is 16.2. The fraction of sp³-hybridized carbons (Fsp3) is 0.444. The van der Waals surface area contributed by atoms with Crippen molar-refractivity contribution in [1.29, 1.82) is 0 Å². The highest BCUT2D eigenvalue weighted by atomic mass is 16.4. The zero-order valence-electron chi connectivity index (χ0n) is 13.0. The molecule has 0 aliphatic heterocycles. The summed E-state index contributed by atoms with van der Waals surface area (Å²) in [6, 6.07) is 7.35. The number of benzene rings is 1. The highest BCUT2D eigenvalue weighted by Gasteiger charge is 2.29. The first-order valence-corrected chi connectivity index (χ1v) is 8.20. The summed E-state index contributed by atoms with van der Waals surface area (Å²) in [5.41, 5.74) is 2.29. The van der Waals surface area contributed by atoms with Crippen molar-refractivity contribution >= 4 is 22.8 Å². The van der Waals surface area contributed by atoms with Crippen molar-refractivity contribution in [2.24, 2.45) is 5.92 Å². The van der Waals surface area contributed by atoms with Crippen LogP contribution in [0.1, 0.15) is 37.7 Å². The van der Waals surface area contributed by atoms with E-state index < -0.39 is 12.0 Å². The van der Waals surface area contributed by atoms with Crippen LogP contribution in [0.4, 0.5) is 0 Å². The fourth-order valence-corrected chi connectivity index (χ4v) is 2.95. The summed E-state index contributed by atoms with van der Waals surface area (Å²) >= 11 is 0. The van der Waals surface area contributed by atoms with Crippen LogP contribution >= 0.6 is 0 Å². The Kier molecular flexibility index (Phi) is 4.65. The Labute approximate surface area is 135 Å². The molecule has 3 N–H and O–H groups in total. The van der Waals surface area contributed by atoms with Gasteiger partial charge in [0.2, 0.25) is 5.91 Å². The Morgan fingerprint density at radius 3 is 2.83 bits per heavy atom. The van der Waals surface area contributed by atoms with Gasteiger partial charge in [0.15, 0.2) is 0 Å². The van der Waals surface area contributed by atoms with Crippen molar-refractivity contribution in [1.82, 2.24) is 10.3 Å². The lowest BCUT2D eigenvalue weighted by Crippen LogP contribution is -2.41. The molecule has 5 nitrogen and oxygen atoms in total. The molecule has 1 unspecified atom stereocenters. The van der Waals surface area contributed by atoms with Crippen LogP contribution in [0.5, 0.6) is 0 Å². The summed E-state index contributed by atoms with van der Waals surface area (Å²) in [6.45, 7) is 0. The quantitative estimate of drug-likeness (QED) is 0.700. The average Bonchev–Trinajstić information content (AvgIpc) is 3.26. The Hall–Kier alpha value is -2.30. The van der Waals surface area contributed by atoms with Gasteiger partial charge in [-0.05, 0) is 36.8 Å². The van der Waals surface area contributed by atoms with Crippen LogP contribution in [0.15, 0.2) is 30.5 Å². The van der Waals surface area contributed by atoms with Gasteiger partial charge in [0, 0.05) is 23.5 Å². The summed E-state index contributed by atoms with van der Waals surface area (Å²) in [6.07, 6.45) is 6.58. The molecule has 1 saturated carbocycles. The van der Waals surface area contributed by atoms with Crippen molar-refractivity contribution < 1.29 is 14.7 Å². The third kappa shape index (κ3) is 4.12. The second-order valence-corrected chi connectivity index (χ2v) is 6.35. The topological polar surface area (TPSA) is 82.2 Å². The summed E-state index contributed by atoms with van der Waals surface area (Å²) < 4.78 is 0. The predicted molar refractivity (Wildman–Crippen MR) is 88.1 cm³/mol. The molecule has 0 saturated heterocycles. The van der Waals surface area contributed by atoms with Gasteiger partial charge in [-0.25, -0.2) is 4.79 Å². The molecule has 0 radical (unpaired) electrons. The number of carbonyl (C=O) groups is 2. The number of aliphatic carboxylic acids is 1. The van der Waals surface area contributed by atoms with Crippen LogP contribution in [0, 0.1) is 5.92 Å². The molecule has 0 bridgehead atoms. The molecule has 122 valence electrons. The maximum atomic E-state index is 12.0. The van der Waals surface area contributed by atoms with Crippen molar-refractivity contribution in [2.75, 3.05) is 0 Å². The molecule has 1 heterocycles. The van der Waals surface area contributed by atoms with E-state index in [0.717, 1.165) is 24.8 Å². The van der Waals surface area contributed by atoms with E-state index >= 15 is 0 Å². The van der Waals surface area contributed by atoms with E-state index in [2.05, 4.69) is 16.4 Å². The van der Waals surface area contributed by atoms with Gasteiger partial charge in [-0.1, -0.05) is 31.0 Å². The van der Waals surface area contributed by atoms with Crippen LogP contribution in [0.2, 0.25) is 0 Å². The molecule has 3 rings (SSSR count). The number of hydrogen-bond acceptors (Lipinski definition) is 2. The number of hydrogen-bond donors (Lipinski definition) is 3. The number of nitrogens with one attached hydrogen (secondary N) is 2. The number of para-hydroxylation sites is 1. The Morgan fingerprint density at radius 1 is 1.30 bits per heavy atom. The fourth-order valence-electron chi connectivity index (χ4n) is 2.95. The minimum absolute atomic E-state index is 0.169. The van der Waals surface area contributed by atoms with E-state index in [1.54, 1.807) is 0 Å². The van der Waals surface area contributed by atoms with Gasteiger partial charge in [0.25, 0.3) is 0 Å². The molecule has 1 aromatic carbocycles. The van der Waals surface area contributed by atoms with Crippen LogP contribution in [0.3, 0.4) is 0 Å². The van der Waals surface area contributed by atoms with Gasteiger partial charge < -0.3 is 15.4 Å². The van der Waals surface area contributed by atoms with Gasteiger partial charge in [0.1, 0.15) is 6.04 Å². The normalized spacial score (nSPS) is 15.5. The molecule has 5 heteroatoms. The van der Waals surface area contributed by atoms with Gasteiger partial charge in [-0.15, -0.1) is 0 Å². The molecule has 1 aliphatic rings. The van der Waals surface area contributed by atoms with Crippen molar-refractivity contribution in [3.05, 3.63) is 36.0 Å². The molecule has 0 spiro atoms. The summed E-state index contributed by atoms with van der Waals surface area (Å²) in [5.74, 6) is -0.623. The molecule has 1 atom stereocenters. The van der Waals surface area contributed by atoms with Crippen LogP contribution in [-0.2, 0) is 16.0 Å². The Morgan fingerprint density at radius 2 is 2.09 bits per heavy atom. The van der Waals surface area contributed by atoms with Gasteiger partial charge in [-0.3, -0.25) is 4.79 Å². The number of rotatable bonds is 8. The van der Waals surface area contributed by atoms with E-state index in [1.807, 2.05) is 24.4 Å². The molecular formula is C18H22N2O3. The second kappa shape index (κ2) is 6.86. The van der Waals surface area contributed by atoms with Crippen molar-refractivity contribution in [3.63, 3.8) is 0 Å². The number of aromatic amines is 1. The number of fused-ring (bicyclic) bond motifs is 1. The molecule has 1 fully saturated rings. The van der Waals surface area contributed by atoms with Gasteiger partial charge in [0.05, 0.1) is 0 Å². The van der Waals surface area contributed by atoms with E-state index in [0.29, 0.717) is 25.2 Å². The van der Waals surface area contributed by atoms with E-state index in [4.69, 9.17) is 0 Å². The predicted octanol–water partition coefficient (Wildman–Crippen LogP) is 2.86. The Bertz CT molecular complexity index is 703. The molecule has 1 aliphatic carbocycles. The molecule has 1 amide bonds. The maximum absolute atomic E-state index is 12.0. The van der Waals surface area contributed by atoms with Gasteiger partial charge in [-0.2, -0.15) is 0 Å².